The van der Waals surface area contributed by atoms with Crippen LogP contribution in [0.5, 0.6) is 0 Å². The van der Waals surface area contributed by atoms with Crippen LogP contribution in [0.25, 0.3) is 0 Å². The van der Waals surface area contributed by atoms with Crippen molar-refractivity contribution in [2.75, 3.05) is 31.5 Å². The average Bonchev–Trinajstić information content (AvgIpc) is 2.83. The molecule has 0 saturated carbocycles. The van der Waals surface area contributed by atoms with Crippen molar-refractivity contribution >= 4 is 15.7 Å². The van der Waals surface area contributed by atoms with Gasteiger partial charge in [-0.2, -0.15) is 5.10 Å². The first-order chi connectivity index (χ1) is 9.49. The molecule has 0 aliphatic heterocycles. The molecule has 20 heavy (non-hydrogen) atoms. The number of anilines is 1. The minimum absolute atomic E-state index is 0.432. The second-order valence-electron chi connectivity index (χ2n) is 4.65. The maximum atomic E-state index is 12.1. The number of methoxy groups -OCH3 is 1. The third-order valence-corrected chi connectivity index (χ3v) is 4.55. The quantitative estimate of drug-likeness (QED) is 0.620. The van der Waals surface area contributed by atoms with Gasteiger partial charge in [0.15, 0.2) is 0 Å². The normalized spacial score (nSPS) is 13.3. The number of hydrogen-bond donors (Lipinski definition) is 2. The number of rotatable bonds is 10. The van der Waals surface area contributed by atoms with E-state index in [0.717, 1.165) is 13.0 Å². The van der Waals surface area contributed by atoms with Gasteiger partial charge in [0.25, 0.3) is 0 Å². The van der Waals surface area contributed by atoms with Gasteiger partial charge in [-0.25, -0.2) is 8.42 Å². The Balaban J connectivity index is 2.54. The molecular weight excluding hydrogens is 280 g/mol. The third-order valence-electron chi connectivity index (χ3n) is 2.81. The van der Waals surface area contributed by atoms with Gasteiger partial charge in [0.2, 0.25) is 10.0 Å². The standard InChI is InChI=1S/C12H24N4O3S/c1-4-5-13-8-11(2)20(17,18)15-12-9-14-16(10-12)6-7-19-3/h9-11,13,15H,4-8H2,1-3H3. The minimum Gasteiger partial charge on any atom is -0.383 e. The molecule has 0 aliphatic carbocycles. The Kier molecular flexibility index (Phi) is 6.97. The lowest BCUT2D eigenvalue weighted by Crippen LogP contribution is -2.35. The molecule has 1 heterocycles. The molecule has 1 rings (SSSR count). The fraction of sp³-hybridized carbons (Fsp3) is 0.750. The molecule has 1 unspecified atom stereocenters. The van der Waals surface area contributed by atoms with Gasteiger partial charge in [0.05, 0.1) is 30.3 Å². The maximum Gasteiger partial charge on any atom is 0.236 e. The zero-order valence-corrected chi connectivity index (χ0v) is 13.1. The van der Waals surface area contributed by atoms with Crippen LogP contribution < -0.4 is 10.0 Å². The topological polar surface area (TPSA) is 85.3 Å². The summed E-state index contributed by atoms with van der Waals surface area (Å²) in [6, 6.07) is 0. The van der Waals surface area contributed by atoms with Gasteiger partial charge in [-0.15, -0.1) is 0 Å². The fourth-order valence-electron chi connectivity index (χ4n) is 1.58. The van der Waals surface area contributed by atoms with Crippen molar-refractivity contribution < 1.29 is 13.2 Å². The van der Waals surface area contributed by atoms with Crippen molar-refractivity contribution in [3.8, 4) is 0 Å². The van der Waals surface area contributed by atoms with Crippen LogP contribution in [-0.4, -0.2) is 50.3 Å². The summed E-state index contributed by atoms with van der Waals surface area (Å²) in [5, 5.41) is 6.67. The molecule has 7 nitrogen and oxygen atoms in total. The Bertz CT molecular complexity index is 487. The van der Waals surface area contributed by atoms with E-state index in [0.29, 0.717) is 25.4 Å². The van der Waals surface area contributed by atoms with Gasteiger partial charge >= 0.3 is 0 Å². The van der Waals surface area contributed by atoms with E-state index in [1.165, 1.54) is 6.20 Å². The monoisotopic (exact) mass is 304 g/mol. The Morgan fingerprint density at radius 1 is 1.50 bits per heavy atom. The molecule has 1 aromatic heterocycles. The highest BCUT2D eigenvalue weighted by molar-refractivity contribution is 7.93. The van der Waals surface area contributed by atoms with Gasteiger partial charge in [-0.05, 0) is 19.9 Å². The molecular formula is C12H24N4O3S. The summed E-state index contributed by atoms with van der Waals surface area (Å²) in [6.45, 7) is 6.09. The van der Waals surface area contributed by atoms with E-state index in [-0.39, 0.29) is 0 Å². The average molecular weight is 304 g/mol. The van der Waals surface area contributed by atoms with E-state index in [1.54, 1.807) is 24.9 Å². The van der Waals surface area contributed by atoms with Crippen molar-refractivity contribution in [3.05, 3.63) is 12.4 Å². The number of sulfonamides is 1. The lowest BCUT2D eigenvalue weighted by molar-refractivity contribution is 0.183. The van der Waals surface area contributed by atoms with E-state index < -0.39 is 15.3 Å². The number of nitrogens with one attached hydrogen (secondary N) is 2. The molecule has 1 atom stereocenters. The van der Waals surface area contributed by atoms with Crippen LogP contribution in [0.15, 0.2) is 12.4 Å². The molecule has 0 fully saturated rings. The zero-order chi connectivity index (χ0) is 15.0. The van der Waals surface area contributed by atoms with Crippen molar-refractivity contribution in [3.63, 3.8) is 0 Å². The molecule has 0 aromatic carbocycles. The second kappa shape index (κ2) is 8.23. The molecule has 2 N–H and O–H groups in total. The molecule has 116 valence electrons. The molecule has 1 aromatic rings. The highest BCUT2D eigenvalue weighted by Crippen LogP contribution is 2.10. The maximum absolute atomic E-state index is 12.1. The highest BCUT2D eigenvalue weighted by Gasteiger charge is 2.20. The summed E-state index contributed by atoms with van der Waals surface area (Å²) in [7, 11) is -1.79. The lowest BCUT2D eigenvalue weighted by atomic mass is 10.4. The Morgan fingerprint density at radius 2 is 2.25 bits per heavy atom. The molecule has 0 radical (unpaired) electrons. The predicted octanol–water partition coefficient (Wildman–Crippen LogP) is 0.659. The third kappa shape index (κ3) is 5.48. The first-order valence-electron chi connectivity index (χ1n) is 6.73. The fourth-order valence-corrected chi connectivity index (χ4v) is 2.55. The molecule has 0 spiro atoms. The van der Waals surface area contributed by atoms with Crippen molar-refractivity contribution in [2.24, 2.45) is 0 Å². The van der Waals surface area contributed by atoms with Crippen molar-refractivity contribution in [1.82, 2.24) is 15.1 Å². The number of nitrogens with zero attached hydrogens (tertiary/aromatic N) is 2. The second-order valence-corrected chi connectivity index (χ2v) is 6.75. The van der Waals surface area contributed by atoms with Gasteiger partial charge in [-0.3, -0.25) is 9.40 Å². The summed E-state index contributed by atoms with van der Waals surface area (Å²) in [5.74, 6) is 0. The molecule has 0 bridgehead atoms. The van der Waals surface area contributed by atoms with Crippen molar-refractivity contribution in [2.45, 2.75) is 32.1 Å². The Labute approximate surface area is 120 Å². The lowest BCUT2D eigenvalue weighted by Gasteiger charge is -2.14. The predicted molar refractivity (Wildman–Crippen MR) is 79.3 cm³/mol. The molecule has 0 saturated heterocycles. The molecule has 8 heteroatoms. The van der Waals surface area contributed by atoms with E-state index in [4.69, 9.17) is 4.74 Å². The summed E-state index contributed by atoms with van der Waals surface area (Å²) in [5.41, 5.74) is 0.475. The molecule has 0 aliphatic rings. The minimum atomic E-state index is -3.40. The number of ether oxygens (including phenoxy) is 1. The first kappa shape index (κ1) is 16.9. The smallest absolute Gasteiger partial charge is 0.236 e. The molecule has 0 amide bonds. The first-order valence-corrected chi connectivity index (χ1v) is 8.28. The van der Waals surface area contributed by atoms with Crippen LogP contribution in [0.1, 0.15) is 20.3 Å². The zero-order valence-electron chi connectivity index (χ0n) is 12.3. The van der Waals surface area contributed by atoms with Gasteiger partial charge in [-0.1, -0.05) is 6.92 Å². The number of hydrogen-bond acceptors (Lipinski definition) is 5. The Hall–Kier alpha value is -1.12. The number of aromatic nitrogens is 2. The van der Waals surface area contributed by atoms with E-state index in [9.17, 15) is 8.42 Å². The van der Waals surface area contributed by atoms with Gasteiger partial charge < -0.3 is 10.1 Å². The van der Waals surface area contributed by atoms with E-state index in [1.807, 2.05) is 6.92 Å². The van der Waals surface area contributed by atoms with Crippen LogP contribution in [-0.2, 0) is 21.3 Å². The summed E-state index contributed by atoms with van der Waals surface area (Å²) in [6.07, 6.45) is 4.13. The van der Waals surface area contributed by atoms with E-state index in [2.05, 4.69) is 15.1 Å². The van der Waals surface area contributed by atoms with Crippen LogP contribution in [0.3, 0.4) is 0 Å². The highest BCUT2D eigenvalue weighted by atomic mass is 32.2. The summed E-state index contributed by atoms with van der Waals surface area (Å²) >= 11 is 0. The van der Waals surface area contributed by atoms with Crippen LogP contribution in [0, 0.1) is 0 Å². The van der Waals surface area contributed by atoms with Crippen LogP contribution in [0.2, 0.25) is 0 Å². The Morgan fingerprint density at radius 3 is 2.90 bits per heavy atom. The largest absolute Gasteiger partial charge is 0.383 e. The SMILES string of the molecule is CCCNCC(C)S(=O)(=O)Nc1cnn(CCOC)c1. The summed E-state index contributed by atoms with van der Waals surface area (Å²) < 4.78 is 33.3. The van der Waals surface area contributed by atoms with Crippen LogP contribution >= 0.6 is 0 Å². The van der Waals surface area contributed by atoms with Crippen LogP contribution in [0.4, 0.5) is 5.69 Å². The summed E-state index contributed by atoms with van der Waals surface area (Å²) in [4.78, 5) is 0. The van der Waals surface area contributed by atoms with Crippen molar-refractivity contribution in [1.29, 1.82) is 0 Å². The van der Waals surface area contributed by atoms with Gasteiger partial charge in [0, 0.05) is 19.9 Å². The van der Waals surface area contributed by atoms with Gasteiger partial charge in [0.1, 0.15) is 0 Å². The van der Waals surface area contributed by atoms with E-state index >= 15 is 0 Å².